The summed E-state index contributed by atoms with van der Waals surface area (Å²) in [5, 5.41) is 0. The Labute approximate surface area is 150 Å². The summed E-state index contributed by atoms with van der Waals surface area (Å²) in [4.78, 5) is 28.9. The summed E-state index contributed by atoms with van der Waals surface area (Å²) < 4.78 is 0. The second-order valence-corrected chi connectivity index (χ2v) is 6.64. The first kappa shape index (κ1) is 18.9. The van der Waals surface area contributed by atoms with Gasteiger partial charge >= 0.3 is 0 Å². The van der Waals surface area contributed by atoms with Gasteiger partial charge in [0.05, 0.1) is 0 Å². The smallest absolute Gasteiger partial charge is 0.223 e. The minimum Gasteiger partial charge on any atom is -0.340 e. The third-order valence-corrected chi connectivity index (χ3v) is 5.17. The van der Waals surface area contributed by atoms with Gasteiger partial charge in [-0.15, -0.1) is 12.4 Å². The van der Waals surface area contributed by atoms with Crippen molar-refractivity contribution >= 4 is 24.1 Å². The maximum absolute atomic E-state index is 12.3. The normalized spacial score (nSPS) is 19.1. The SMILES string of the molecule is Cl.O=C(CCC(=O)N1CCN(C2CCCC2)CC1)c1ccccc1. The highest BCUT2D eigenvalue weighted by molar-refractivity contribution is 5.97. The number of halogens is 1. The van der Waals surface area contributed by atoms with Crippen LogP contribution in [0.15, 0.2) is 30.3 Å². The van der Waals surface area contributed by atoms with E-state index in [-0.39, 0.29) is 24.1 Å². The topological polar surface area (TPSA) is 40.6 Å². The highest BCUT2D eigenvalue weighted by atomic mass is 35.5. The quantitative estimate of drug-likeness (QED) is 0.766. The zero-order valence-corrected chi connectivity index (χ0v) is 15.0. The van der Waals surface area contributed by atoms with Crippen LogP contribution in [0.1, 0.15) is 48.9 Å². The molecule has 1 saturated carbocycles. The van der Waals surface area contributed by atoms with E-state index in [0.29, 0.717) is 18.4 Å². The number of ketones is 1. The van der Waals surface area contributed by atoms with Crippen LogP contribution in [0.3, 0.4) is 0 Å². The first-order valence-electron chi connectivity index (χ1n) is 8.84. The fraction of sp³-hybridized carbons (Fsp3) is 0.579. The number of hydrogen-bond acceptors (Lipinski definition) is 3. The van der Waals surface area contributed by atoms with Gasteiger partial charge in [-0.3, -0.25) is 14.5 Å². The Morgan fingerprint density at radius 3 is 2.17 bits per heavy atom. The first-order valence-corrected chi connectivity index (χ1v) is 8.84. The maximum atomic E-state index is 12.3. The van der Waals surface area contributed by atoms with E-state index >= 15 is 0 Å². The van der Waals surface area contributed by atoms with Gasteiger partial charge in [0.2, 0.25) is 5.91 Å². The number of benzene rings is 1. The molecule has 1 amide bonds. The molecule has 3 rings (SSSR count). The fourth-order valence-electron chi connectivity index (χ4n) is 3.75. The second kappa shape index (κ2) is 9.19. The highest BCUT2D eigenvalue weighted by Gasteiger charge is 2.27. The summed E-state index contributed by atoms with van der Waals surface area (Å²) >= 11 is 0. The van der Waals surface area contributed by atoms with Crippen LogP contribution in [0.5, 0.6) is 0 Å². The molecule has 1 aliphatic heterocycles. The number of amides is 1. The van der Waals surface area contributed by atoms with E-state index in [1.54, 1.807) is 0 Å². The molecule has 0 unspecified atom stereocenters. The van der Waals surface area contributed by atoms with E-state index < -0.39 is 0 Å². The molecule has 0 aromatic heterocycles. The molecule has 0 bridgehead atoms. The summed E-state index contributed by atoms with van der Waals surface area (Å²) in [5.41, 5.74) is 0.700. The minimum atomic E-state index is 0. The number of Topliss-reactive ketones (excluding diaryl/α,β-unsaturated/α-hetero) is 1. The van der Waals surface area contributed by atoms with E-state index in [0.717, 1.165) is 32.2 Å². The Morgan fingerprint density at radius 1 is 0.917 bits per heavy atom. The van der Waals surface area contributed by atoms with Gasteiger partial charge in [0.25, 0.3) is 0 Å². The Morgan fingerprint density at radius 2 is 1.54 bits per heavy atom. The molecule has 1 saturated heterocycles. The van der Waals surface area contributed by atoms with Crippen LogP contribution >= 0.6 is 12.4 Å². The summed E-state index contributed by atoms with van der Waals surface area (Å²) in [6, 6.07) is 9.98. The van der Waals surface area contributed by atoms with Crippen molar-refractivity contribution in [3.8, 4) is 0 Å². The number of nitrogens with zero attached hydrogens (tertiary/aromatic N) is 2. The van der Waals surface area contributed by atoms with Crippen molar-refractivity contribution in [3.05, 3.63) is 35.9 Å². The summed E-state index contributed by atoms with van der Waals surface area (Å²) in [5.74, 6) is 0.184. The average Bonchev–Trinajstić information content (AvgIpc) is 3.15. The minimum absolute atomic E-state index is 0. The Hall–Kier alpha value is -1.39. The number of piperazine rings is 1. The number of rotatable bonds is 5. The Balaban J connectivity index is 0.00000208. The van der Waals surface area contributed by atoms with Gasteiger partial charge in [0.15, 0.2) is 5.78 Å². The van der Waals surface area contributed by atoms with Crippen LogP contribution in [0.25, 0.3) is 0 Å². The lowest BCUT2D eigenvalue weighted by Crippen LogP contribution is -2.51. The van der Waals surface area contributed by atoms with Crippen LogP contribution in [0.4, 0.5) is 0 Å². The molecule has 132 valence electrons. The molecule has 1 aromatic carbocycles. The van der Waals surface area contributed by atoms with Gasteiger partial charge in [-0.2, -0.15) is 0 Å². The predicted octanol–water partition coefficient (Wildman–Crippen LogP) is 3.16. The molecule has 1 aromatic rings. The van der Waals surface area contributed by atoms with Crippen LogP contribution in [-0.2, 0) is 4.79 Å². The molecule has 5 heteroatoms. The summed E-state index contributed by atoms with van der Waals surface area (Å²) in [7, 11) is 0. The van der Waals surface area contributed by atoms with Crippen molar-refractivity contribution in [1.82, 2.24) is 9.80 Å². The predicted molar refractivity (Wildman–Crippen MR) is 97.7 cm³/mol. The van der Waals surface area contributed by atoms with Gasteiger partial charge in [-0.05, 0) is 12.8 Å². The molecule has 0 atom stereocenters. The Kier molecular flexibility index (Phi) is 7.25. The van der Waals surface area contributed by atoms with Gasteiger partial charge < -0.3 is 4.90 Å². The van der Waals surface area contributed by atoms with Gasteiger partial charge in [0.1, 0.15) is 0 Å². The highest BCUT2D eigenvalue weighted by Crippen LogP contribution is 2.24. The second-order valence-electron chi connectivity index (χ2n) is 6.64. The maximum Gasteiger partial charge on any atom is 0.223 e. The molecule has 0 spiro atoms. The third-order valence-electron chi connectivity index (χ3n) is 5.17. The lowest BCUT2D eigenvalue weighted by atomic mass is 10.1. The van der Waals surface area contributed by atoms with Crippen molar-refractivity contribution in [2.75, 3.05) is 26.2 Å². The van der Waals surface area contributed by atoms with Crippen LogP contribution < -0.4 is 0 Å². The molecular weight excluding hydrogens is 324 g/mol. The van der Waals surface area contributed by atoms with Crippen molar-refractivity contribution in [2.45, 2.75) is 44.6 Å². The standard InChI is InChI=1S/C19H26N2O2.ClH/c22-18(16-6-2-1-3-7-16)10-11-19(23)21-14-12-20(13-15-21)17-8-4-5-9-17;/h1-3,6-7,17H,4-5,8-15H2;1H. The van der Waals surface area contributed by atoms with E-state index in [4.69, 9.17) is 0 Å². The van der Waals surface area contributed by atoms with Crippen LogP contribution in [-0.4, -0.2) is 53.7 Å². The van der Waals surface area contributed by atoms with E-state index in [1.807, 2.05) is 35.2 Å². The molecule has 2 aliphatic rings. The van der Waals surface area contributed by atoms with Gasteiger partial charge in [-0.25, -0.2) is 0 Å². The molecule has 2 fully saturated rings. The van der Waals surface area contributed by atoms with Crippen LogP contribution in [0, 0.1) is 0 Å². The Bertz CT molecular complexity index is 536. The van der Waals surface area contributed by atoms with E-state index in [9.17, 15) is 9.59 Å². The van der Waals surface area contributed by atoms with E-state index in [1.165, 1.54) is 25.7 Å². The molecule has 4 nitrogen and oxygen atoms in total. The number of carbonyl (C=O) groups is 2. The average molecular weight is 351 g/mol. The first-order chi connectivity index (χ1) is 11.2. The summed E-state index contributed by atoms with van der Waals surface area (Å²) in [6.45, 7) is 3.61. The molecule has 1 heterocycles. The van der Waals surface area contributed by atoms with Crippen LogP contribution in [0.2, 0.25) is 0 Å². The van der Waals surface area contributed by atoms with Gasteiger partial charge in [-0.1, -0.05) is 43.2 Å². The number of carbonyl (C=O) groups excluding carboxylic acids is 2. The van der Waals surface area contributed by atoms with Crippen molar-refractivity contribution in [3.63, 3.8) is 0 Å². The lowest BCUT2D eigenvalue weighted by molar-refractivity contribution is -0.133. The van der Waals surface area contributed by atoms with Crippen molar-refractivity contribution in [2.24, 2.45) is 0 Å². The summed E-state index contributed by atoms with van der Waals surface area (Å²) in [6.07, 6.45) is 5.98. The molecular formula is C19H27ClN2O2. The molecule has 1 aliphatic carbocycles. The monoisotopic (exact) mass is 350 g/mol. The van der Waals surface area contributed by atoms with Gasteiger partial charge in [0, 0.05) is 50.6 Å². The molecule has 24 heavy (non-hydrogen) atoms. The number of hydrogen-bond donors (Lipinski definition) is 0. The molecule has 0 radical (unpaired) electrons. The van der Waals surface area contributed by atoms with E-state index in [2.05, 4.69) is 4.90 Å². The zero-order valence-electron chi connectivity index (χ0n) is 14.2. The van der Waals surface area contributed by atoms with Crippen molar-refractivity contribution in [1.29, 1.82) is 0 Å². The largest absolute Gasteiger partial charge is 0.340 e. The zero-order chi connectivity index (χ0) is 16.1. The molecule has 0 N–H and O–H groups in total. The van der Waals surface area contributed by atoms with Crippen molar-refractivity contribution < 1.29 is 9.59 Å². The fourth-order valence-corrected chi connectivity index (χ4v) is 3.75. The lowest BCUT2D eigenvalue weighted by Gasteiger charge is -2.38. The third kappa shape index (κ3) is 4.81.